The third kappa shape index (κ3) is 6.54. The summed E-state index contributed by atoms with van der Waals surface area (Å²) in [6.45, 7) is 4.43. The number of hydrogen-bond acceptors (Lipinski definition) is 5. The van der Waals surface area contributed by atoms with Crippen LogP contribution in [0.3, 0.4) is 0 Å². The lowest BCUT2D eigenvalue weighted by Crippen LogP contribution is -2.26. The third-order valence-electron chi connectivity index (χ3n) is 4.85. The number of hydrogen-bond donors (Lipinski definition) is 2. The molecular weight excluding hydrogens is 466 g/mol. The molecule has 0 atom stereocenters. The largest absolute Gasteiger partial charge is 0.352 e. The van der Waals surface area contributed by atoms with Crippen molar-refractivity contribution >= 4 is 44.6 Å². The summed E-state index contributed by atoms with van der Waals surface area (Å²) in [5.41, 5.74) is 2.64. The summed E-state index contributed by atoms with van der Waals surface area (Å²) < 4.78 is 28.3. The van der Waals surface area contributed by atoms with Crippen LogP contribution in [0.15, 0.2) is 52.7 Å². The van der Waals surface area contributed by atoms with Crippen molar-refractivity contribution < 1.29 is 13.2 Å². The molecule has 0 fully saturated rings. The summed E-state index contributed by atoms with van der Waals surface area (Å²) in [5.74, 6) is -0.431. The fourth-order valence-corrected chi connectivity index (χ4v) is 5.04. The average Bonchev–Trinajstić information content (AvgIpc) is 3.18. The van der Waals surface area contributed by atoms with E-state index >= 15 is 0 Å². The minimum atomic E-state index is -3.87. The normalized spacial score (nSPS) is 11.3. The SMILES string of the molecule is CCCCc1ccc(NS(=O)(=O)c2ccc(Cl)c(C(=O)NCCc3csc(C)n3)c2)cc1. The van der Waals surface area contributed by atoms with Gasteiger partial charge in [-0.15, -0.1) is 11.3 Å². The number of anilines is 1. The van der Waals surface area contributed by atoms with Gasteiger partial charge in [0.1, 0.15) is 0 Å². The highest BCUT2D eigenvalue weighted by Gasteiger charge is 2.19. The number of nitrogens with zero attached hydrogens (tertiary/aromatic N) is 1. The van der Waals surface area contributed by atoms with Gasteiger partial charge >= 0.3 is 0 Å². The van der Waals surface area contributed by atoms with Crippen molar-refractivity contribution in [3.8, 4) is 0 Å². The lowest BCUT2D eigenvalue weighted by atomic mass is 10.1. The maximum absolute atomic E-state index is 12.9. The number of aromatic nitrogens is 1. The fraction of sp³-hybridized carbons (Fsp3) is 0.304. The maximum Gasteiger partial charge on any atom is 0.261 e. The van der Waals surface area contributed by atoms with Crippen LogP contribution in [0, 0.1) is 6.92 Å². The number of unbranched alkanes of at least 4 members (excludes halogenated alkanes) is 1. The Bertz CT molecular complexity index is 1180. The zero-order valence-corrected chi connectivity index (χ0v) is 20.4. The van der Waals surface area contributed by atoms with Crippen molar-refractivity contribution in [1.82, 2.24) is 10.3 Å². The molecule has 0 radical (unpaired) electrons. The Labute approximate surface area is 198 Å². The van der Waals surface area contributed by atoms with Gasteiger partial charge in [0.05, 0.1) is 26.2 Å². The lowest BCUT2D eigenvalue weighted by molar-refractivity contribution is 0.0954. The number of benzene rings is 2. The Hall–Kier alpha value is -2.42. The van der Waals surface area contributed by atoms with Gasteiger partial charge < -0.3 is 5.32 Å². The van der Waals surface area contributed by atoms with E-state index in [-0.39, 0.29) is 15.5 Å². The highest BCUT2D eigenvalue weighted by molar-refractivity contribution is 7.92. The van der Waals surface area contributed by atoms with Crippen LogP contribution in [0.4, 0.5) is 5.69 Å². The zero-order valence-electron chi connectivity index (χ0n) is 18.0. The van der Waals surface area contributed by atoms with Crippen molar-refractivity contribution in [1.29, 1.82) is 0 Å². The molecule has 6 nitrogen and oxygen atoms in total. The molecular formula is C23H26ClN3O3S2. The number of carbonyl (C=O) groups is 1. The molecule has 0 unspecified atom stereocenters. The standard InChI is InChI=1S/C23H26ClN3O3S2/c1-3-4-5-17-6-8-18(9-7-17)27-32(29,30)20-10-11-22(24)21(14-20)23(28)25-13-12-19-15-31-16(2)26-19/h6-11,14-15,27H,3-5,12-13H2,1-2H3,(H,25,28). The summed E-state index contributed by atoms with van der Waals surface area (Å²) in [7, 11) is -3.87. The first-order valence-corrected chi connectivity index (χ1v) is 13.1. The first-order valence-electron chi connectivity index (χ1n) is 10.4. The second kappa shape index (κ2) is 10.9. The number of halogens is 1. The van der Waals surface area contributed by atoms with Crippen LogP contribution in [0.25, 0.3) is 0 Å². The van der Waals surface area contributed by atoms with Crippen LogP contribution in [0.2, 0.25) is 5.02 Å². The van der Waals surface area contributed by atoms with E-state index in [4.69, 9.17) is 11.6 Å². The average molecular weight is 492 g/mol. The van der Waals surface area contributed by atoms with E-state index in [0.29, 0.717) is 18.7 Å². The molecule has 1 amide bonds. The van der Waals surface area contributed by atoms with Crippen LogP contribution >= 0.6 is 22.9 Å². The van der Waals surface area contributed by atoms with E-state index in [1.807, 2.05) is 24.4 Å². The minimum Gasteiger partial charge on any atom is -0.352 e. The highest BCUT2D eigenvalue weighted by Crippen LogP contribution is 2.23. The third-order valence-corrected chi connectivity index (χ3v) is 7.38. The van der Waals surface area contributed by atoms with Gasteiger partial charge in [0, 0.05) is 24.0 Å². The number of sulfonamides is 1. The summed E-state index contributed by atoms with van der Waals surface area (Å²) >= 11 is 7.73. The van der Waals surface area contributed by atoms with Crippen LogP contribution in [-0.4, -0.2) is 25.9 Å². The summed E-state index contributed by atoms with van der Waals surface area (Å²) in [5, 5.41) is 5.88. The molecule has 0 spiro atoms. The maximum atomic E-state index is 12.9. The molecule has 9 heteroatoms. The molecule has 1 aromatic heterocycles. The predicted molar refractivity (Wildman–Crippen MR) is 130 cm³/mol. The molecule has 170 valence electrons. The number of aryl methyl sites for hydroxylation is 2. The second-order valence-electron chi connectivity index (χ2n) is 7.41. The highest BCUT2D eigenvalue weighted by atomic mass is 35.5. The molecule has 2 aromatic carbocycles. The molecule has 3 rings (SSSR count). The lowest BCUT2D eigenvalue weighted by Gasteiger charge is -2.11. The number of amides is 1. The van der Waals surface area contributed by atoms with E-state index in [9.17, 15) is 13.2 Å². The summed E-state index contributed by atoms with van der Waals surface area (Å²) in [4.78, 5) is 16.9. The first kappa shape index (κ1) is 24.2. The fourth-order valence-electron chi connectivity index (χ4n) is 3.10. The molecule has 3 aromatic rings. The topological polar surface area (TPSA) is 88.2 Å². The van der Waals surface area contributed by atoms with Crippen LogP contribution in [-0.2, 0) is 22.9 Å². The van der Waals surface area contributed by atoms with Crippen LogP contribution in [0.1, 0.15) is 46.4 Å². The molecule has 0 aliphatic rings. The Morgan fingerprint density at radius 3 is 2.53 bits per heavy atom. The Balaban J connectivity index is 1.68. The van der Waals surface area contributed by atoms with E-state index in [1.54, 1.807) is 23.5 Å². The first-order chi connectivity index (χ1) is 15.3. The van der Waals surface area contributed by atoms with Crippen molar-refractivity contribution in [2.75, 3.05) is 11.3 Å². The molecule has 32 heavy (non-hydrogen) atoms. The zero-order chi connectivity index (χ0) is 23.1. The van der Waals surface area contributed by atoms with Gasteiger partial charge in [-0.1, -0.05) is 37.1 Å². The molecule has 1 heterocycles. The predicted octanol–water partition coefficient (Wildman–Crippen LogP) is 5.22. The number of thiazole rings is 1. The quantitative estimate of drug-likeness (QED) is 0.407. The summed E-state index contributed by atoms with van der Waals surface area (Å²) in [6.07, 6.45) is 3.73. The van der Waals surface area contributed by atoms with Gasteiger partial charge in [-0.25, -0.2) is 13.4 Å². The number of nitrogens with one attached hydrogen (secondary N) is 2. The van der Waals surface area contributed by atoms with Crippen molar-refractivity contribution in [3.05, 3.63) is 74.7 Å². The number of carbonyl (C=O) groups excluding carboxylic acids is 1. The monoisotopic (exact) mass is 491 g/mol. The molecule has 0 aliphatic carbocycles. The van der Waals surface area contributed by atoms with E-state index in [1.165, 1.54) is 18.2 Å². The van der Waals surface area contributed by atoms with Gasteiger partial charge in [0.25, 0.3) is 15.9 Å². The van der Waals surface area contributed by atoms with E-state index in [0.717, 1.165) is 35.5 Å². The van der Waals surface area contributed by atoms with Gasteiger partial charge in [0.2, 0.25) is 0 Å². The smallest absolute Gasteiger partial charge is 0.261 e. The molecule has 0 aliphatic heterocycles. The van der Waals surface area contributed by atoms with E-state index < -0.39 is 15.9 Å². The van der Waals surface area contributed by atoms with Crippen molar-refractivity contribution in [2.24, 2.45) is 0 Å². The second-order valence-corrected chi connectivity index (χ2v) is 10.6. The molecule has 0 bridgehead atoms. The molecule has 0 saturated carbocycles. The van der Waals surface area contributed by atoms with Crippen LogP contribution in [0.5, 0.6) is 0 Å². The van der Waals surface area contributed by atoms with Crippen molar-refractivity contribution in [3.63, 3.8) is 0 Å². The Kier molecular flexibility index (Phi) is 8.28. The van der Waals surface area contributed by atoms with Crippen LogP contribution < -0.4 is 10.0 Å². The summed E-state index contributed by atoms with van der Waals surface area (Å²) in [6, 6.07) is 11.4. The van der Waals surface area contributed by atoms with Gasteiger partial charge in [-0.3, -0.25) is 9.52 Å². The van der Waals surface area contributed by atoms with Gasteiger partial charge in [-0.05, 0) is 55.7 Å². The Morgan fingerprint density at radius 2 is 1.88 bits per heavy atom. The van der Waals surface area contributed by atoms with Gasteiger partial charge in [-0.2, -0.15) is 0 Å². The Morgan fingerprint density at radius 1 is 1.12 bits per heavy atom. The van der Waals surface area contributed by atoms with E-state index in [2.05, 4.69) is 21.9 Å². The number of rotatable bonds is 10. The minimum absolute atomic E-state index is 0.0303. The molecule has 2 N–H and O–H groups in total. The van der Waals surface area contributed by atoms with Gasteiger partial charge in [0.15, 0.2) is 0 Å². The molecule has 0 saturated heterocycles. The van der Waals surface area contributed by atoms with Crippen molar-refractivity contribution in [2.45, 2.75) is 44.4 Å².